The van der Waals surface area contributed by atoms with Gasteiger partial charge >= 0.3 is 0 Å². The van der Waals surface area contributed by atoms with Crippen molar-refractivity contribution in [1.82, 2.24) is 14.2 Å². The van der Waals surface area contributed by atoms with Crippen molar-refractivity contribution in [3.63, 3.8) is 0 Å². The highest BCUT2D eigenvalue weighted by atomic mass is 32.2. The van der Waals surface area contributed by atoms with Crippen LogP contribution in [0.5, 0.6) is 0 Å². The van der Waals surface area contributed by atoms with Crippen molar-refractivity contribution in [3.05, 3.63) is 36.0 Å². The monoisotopic (exact) mass is 347 g/mol. The summed E-state index contributed by atoms with van der Waals surface area (Å²) in [5.41, 5.74) is 1.60. The van der Waals surface area contributed by atoms with Crippen LogP contribution in [0.15, 0.2) is 35.4 Å². The van der Waals surface area contributed by atoms with Gasteiger partial charge in [-0.1, -0.05) is 6.07 Å². The van der Waals surface area contributed by atoms with Gasteiger partial charge < -0.3 is 4.90 Å². The third-order valence-corrected chi connectivity index (χ3v) is 6.41. The fraction of sp³-hybridized carbons (Fsp3) is 0.412. The lowest BCUT2D eigenvalue weighted by molar-refractivity contribution is -0.132. The first-order valence-electron chi connectivity index (χ1n) is 7.91. The predicted molar refractivity (Wildman–Crippen MR) is 92.1 cm³/mol. The van der Waals surface area contributed by atoms with E-state index < -0.39 is 16.1 Å². The van der Waals surface area contributed by atoms with Gasteiger partial charge in [0.15, 0.2) is 0 Å². The molecule has 2 aromatic rings. The van der Waals surface area contributed by atoms with E-state index in [1.807, 2.05) is 6.92 Å². The van der Waals surface area contributed by atoms with Crippen LogP contribution >= 0.6 is 0 Å². The third-order valence-electron chi connectivity index (χ3n) is 4.45. The number of sulfonamides is 1. The Morgan fingerprint density at radius 2 is 2.04 bits per heavy atom. The molecule has 1 amide bonds. The number of rotatable bonds is 3. The first kappa shape index (κ1) is 16.9. The van der Waals surface area contributed by atoms with E-state index in [0.29, 0.717) is 30.3 Å². The van der Waals surface area contributed by atoms with Crippen molar-refractivity contribution in [3.8, 4) is 0 Å². The first-order chi connectivity index (χ1) is 11.3. The number of carbonyl (C=O) groups excluding carboxylic acids is 1. The highest BCUT2D eigenvalue weighted by Crippen LogP contribution is 2.31. The van der Waals surface area contributed by atoms with Crippen LogP contribution < -0.4 is 0 Å². The molecule has 0 saturated carbocycles. The first-order valence-corrected chi connectivity index (χ1v) is 9.35. The third kappa shape index (κ3) is 2.67. The number of pyridine rings is 1. The Balaban J connectivity index is 2.12. The molecule has 24 heavy (non-hydrogen) atoms. The molecule has 2 heterocycles. The molecule has 7 heteroatoms. The Bertz CT molecular complexity index is 893. The van der Waals surface area contributed by atoms with Gasteiger partial charge in [-0.25, -0.2) is 8.42 Å². The van der Waals surface area contributed by atoms with E-state index in [0.717, 1.165) is 5.56 Å². The molecule has 1 unspecified atom stereocenters. The van der Waals surface area contributed by atoms with Crippen molar-refractivity contribution >= 4 is 26.8 Å². The quantitative estimate of drug-likeness (QED) is 0.849. The van der Waals surface area contributed by atoms with E-state index in [4.69, 9.17) is 0 Å². The van der Waals surface area contributed by atoms with Gasteiger partial charge in [0, 0.05) is 32.2 Å². The van der Waals surface area contributed by atoms with Crippen molar-refractivity contribution in [2.24, 2.45) is 0 Å². The molecule has 3 rings (SSSR count). The summed E-state index contributed by atoms with van der Waals surface area (Å²) in [7, 11) is -0.465. The summed E-state index contributed by atoms with van der Waals surface area (Å²) < 4.78 is 27.8. The Hall–Kier alpha value is -1.99. The maximum Gasteiger partial charge on any atom is 0.244 e. The van der Waals surface area contributed by atoms with Gasteiger partial charge in [0.2, 0.25) is 15.9 Å². The summed E-state index contributed by atoms with van der Waals surface area (Å²) in [6, 6.07) is 6.25. The topological polar surface area (TPSA) is 70.6 Å². The maximum absolute atomic E-state index is 13.2. The Morgan fingerprint density at radius 3 is 2.75 bits per heavy atom. The van der Waals surface area contributed by atoms with Crippen molar-refractivity contribution < 1.29 is 13.2 Å². The molecular weight excluding hydrogens is 326 g/mol. The molecule has 0 radical (unpaired) electrons. The Kier molecular flexibility index (Phi) is 4.31. The van der Waals surface area contributed by atoms with Crippen molar-refractivity contribution in [2.75, 3.05) is 20.6 Å². The standard InChI is InChI=1S/C17H21N3O3S/c1-12-8-9-15(13-6-4-10-18-16(12)13)24(22,23)20-11-5-7-14(20)17(21)19(2)3/h4,6,8-10,14H,5,7,11H2,1-3H3. The lowest BCUT2D eigenvalue weighted by atomic mass is 10.1. The summed E-state index contributed by atoms with van der Waals surface area (Å²) in [4.78, 5) is 18.3. The minimum Gasteiger partial charge on any atom is -0.347 e. The summed E-state index contributed by atoms with van der Waals surface area (Å²) in [5, 5.41) is 0.598. The highest BCUT2D eigenvalue weighted by molar-refractivity contribution is 7.89. The van der Waals surface area contributed by atoms with Gasteiger partial charge in [-0.05, 0) is 43.5 Å². The average Bonchev–Trinajstić information content (AvgIpc) is 3.04. The van der Waals surface area contributed by atoms with Crippen LogP contribution in [0, 0.1) is 6.92 Å². The molecule has 0 N–H and O–H groups in total. The van der Waals surface area contributed by atoms with Crippen LogP contribution in [-0.4, -0.2) is 55.2 Å². The van der Waals surface area contributed by atoms with Gasteiger partial charge in [0.1, 0.15) is 6.04 Å². The fourth-order valence-corrected chi connectivity index (χ4v) is 5.05. The van der Waals surface area contributed by atoms with Crippen molar-refractivity contribution in [1.29, 1.82) is 0 Å². The SMILES string of the molecule is Cc1ccc(S(=O)(=O)N2CCCC2C(=O)N(C)C)c2cccnc12. The normalized spacial score (nSPS) is 18.9. The second-order valence-electron chi connectivity index (χ2n) is 6.29. The van der Waals surface area contributed by atoms with Gasteiger partial charge in [-0.3, -0.25) is 9.78 Å². The second-order valence-corrected chi connectivity index (χ2v) is 8.15. The number of benzene rings is 1. The zero-order valence-corrected chi connectivity index (χ0v) is 14.9. The second kappa shape index (κ2) is 6.14. The predicted octanol–water partition coefficient (Wildman–Crippen LogP) is 1.78. The molecule has 1 aromatic heterocycles. The van der Waals surface area contributed by atoms with Crippen LogP contribution in [0.25, 0.3) is 10.9 Å². The number of hydrogen-bond donors (Lipinski definition) is 0. The van der Waals surface area contributed by atoms with Gasteiger partial charge in [0.25, 0.3) is 0 Å². The molecule has 128 valence electrons. The molecule has 0 aliphatic carbocycles. The Morgan fingerprint density at radius 1 is 1.29 bits per heavy atom. The molecule has 1 fully saturated rings. The van der Waals surface area contributed by atoms with Gasteiger partial charge in [-0.15, -0.1) is 0 Å². The van der Waals surface area contributed by atoms with E-state index in [1.54, 1.807) is 44.6 Å². The number of fused-ring (bicyclic) bond motifs is 1. The van der Waals surface area contributed by atoms with Crippen molar-refractivity contribution in [2.45, 2.75) is 30.7 Å². The molecule has 6 nitrogen and oxygen atoms in total. The highest BCUT2D eigenvalue weighted by Gasteiger charge is 2.40. The number of amides is 1. The molecule has 0 spiro atoms. The zero-order chi connectivity index (χ0) is 17.5. The van der Waals surface area contributed by atoms with E-state index in [2.05, 4.69) is 4.98 Å². The molecule has 0 bridgehead atoms. The molecule has 1 saturated heterocycles. The average molecular weight is 347 g/mol. The van der Waals surface area contributed by atoms with Crippen LogP contribution in [0.3, 0.4) is 0 Å². The maximum atomic E-state index is 13.2. The van der Waals surface area contributed by atoms with Crippen LogP contribution in [0.1, 0.15) is 18.4 Å². The number of carbonyl (C=O) groups is 1. The number of aryl methyl sites for hydroxylation is 1. The smallest absolute Gasteiger partial charge is 0.244 e. The van der Waals surface area contributed by atoms with Crippen LogP contribution in [-0.2, 0) is 14.8 Å². The van der Waals surface area contributed by atoms with E-state index in [9.17, 15) is 13.2 Å². The van der Waals surface area contributed by atoms with Gasteiger partial charge in [0.05, 0.1) is 10.4 Å². The Labute approximate surface area is 142 Å². The summed E-state index contributed by atoms with van der Waals surface area (Å²) in [6.07, 6.45) is 2.89. The van der Waals surface area contributed by atoms with E-state index in [-0.39, 0.29) is 10.8 Å². The molecule has 1 aliphatic heterocycles. The van der Waals surface area contributed by atoms with E-state index >= 15 is 0 Å². The minimum atomic E-state index is -3.76. The fourth-order valence-electron chi connectivity index (χ4n) is 3.21. The number of hydrogen-bond acceptors (Lipinski definition) is 4. The molecular formula is C17H21N3O3S. The van der Waals surface area contributed by atoms with Crippen LogP contribution in [0.4, 0.5) is 0 Å². The number of likely N-dealkylation sites (N-methyl/N-ethyl adjacent to an activating group) is 1. The number of aromatic nitrogens is 1. The summed E-state index contributed by atoms with van der Waals surface area (Å²) in [5.74, 6) is -0.175. The minimum absolute atomic E-state index is 0.175. The van der Waals surface area contributed by atoms with E-state index in [1.165, 1.54) is 9.21 Å². The summed E-state index contributed by atoms with van der Waals surface area (Å²) in [6.45, 7) is 2.27. The van der Waals surface area contributed by atoms with Crippen LogP contribution in [0.2, 0.25) is 0 Å². The molecule has 1 atom stereocenters. The van der Waals surface area contributed by atoms with Gasteiger partial charge in [-0.2, -0.15) is 4.31 Å². The lowest BCUT2D eigenvalue weighted by Gasteiger charge is -2.26. The largest absolute Gasteiger partial charge is 0.347 e. The zero-order valence-electron chi connectivity index (χ0n) is 14.1. The molecule has 1 aromatic carbocycles. The lowest BCUT2D eigenvalue weighted by Crippen LogP contribution is -2.45. The number of nitrogens with zero attached hydrogens (tertiary/aromatic N) is 3. The summed E-state index contributed by atoms with van der Waals surface area (Å²) >= 11 is 0. The molecule has 1 aliphatic rings.